The summed E-state index contributed by atoms with van der Waals surface area (Å²) >= 11 is 1.39. The fourth-order valence-corrected chi connectivity index (χ4v) is 3.45. The number of nitrogens with one attached hydrogen (secondary N) is 1. The van der Waals surface area contributed by atoms with Crippen molar-refractivity contribution < 1.29 is 28.6 Å². The molecule has 6 nitrogen and oxygen atoms in total. The molecule has 0 fully saturated rings. The van der Waals surface area contributed by atoms with Crippen LogP contribution in [0.4, 0.5) is 4.39 Å². The molecule has 2 aromatic rings. The molecule has 0 aliphatic carbocycles. The largest absolute Gasteiger partial charge is 0.478 e. The summed E-state index contributed by atoms with van der Waals surface area (Å²) < 4.78 is 23.5. The van der Waals surface area contributed by atoms with Crippen molar-refractivity contribution in [1.82, 2.24) is 5.32 Å². The standard InChI is InChI=1S/C17H16FNO5S/c18-11-1-3-12(4-2-11)24-13(17(21)22)8-19-16(20)15-7-10-9-23-6-5-14(10)25-15/h1-4,7,13H,5-6,8-9H2,(H,19,20)(H,21,22). The Morgan fingerprint density at radius 2 is 2.12 bits per heavy atom. The van der Waals surface area contributed by atoms with Crippen molar-refractivity contribution >= 4 is 23.2 Å². The molecule has 0 saturated carbocycles. The van der Waals surface area contributed by atoms with E-state index in [-0.39, 0.29) is 18.2 Å². The number of aliphatic carboxylic acids is 1. The van der Waals surface area contributed by atoms with E-state index >= 15 is 0 Å². The predicted molar refractivity (Wildman–Crippen MR) is 88.5 cm³/mol. The number of carboxylic acids is 1. The van der Waals surface area contributed by atoms with Crippen molar-refractivity contribution in [3.05, 3.63) is 51.5 Å². The molecule has 132 valence electrons. The fourth-order valence-electron chi connectivity index (χ4n) is 2.39. The minimum atomic E-state index is -1.27. The summed E-state index contributed by atoms with van der Waals surface area (Å²) in [6, 6.07) is 6.78. The van der Waals surface area contributed by atoms with Crippen molar-refractivity contribution in [3.8, 4) is 5.75 Å². The van der Waals surface area contributed by atoms with Crippen molar-refractivity contribution in [2.45, 2.75) is 19.1 Å². The first-order valence-corrected chi connectivity index (χ1v) is 8.47. The average Bonchev–Trinajstić information content (AvgIpc) is 3.04. The van der Waals surface area contributed by atoms with Crippen LogP contribution in [0.2, 0.25) is 0 Å². The van der Waals surface area contributed by atoms with Gasteiger partial charge in [0.25, 0.3) is 5.91 Å². The SMILES string of the molecule is O=C(NCC(Oc1ccc(F)cc1)C(=O)O)c1cc2c(s1)CCOC2. The third-order valence-corrected chi connectivity index (χ3v) is 4.90. The van der Waals surface area contributed by atoms with Gasteiger partial charge in [-0.25, -0.2) is 9.18 Å². The van der Waals surface area contributed by atoms with Crippen molar-refractivity contribution in [1.29, 1.82) is 0 Å². The minimum absolute atomic E-state index is 0.204. The number of carboxylic acid groups (broad SMARTS) is 1. The van der Waals surface area contributed by atoms with E-state index in [9.17, 15) is 19.1 Å². The fraction of sp³-hybridized carbons (Fsp3) is 0.294. The second-order valence-corrected chi connectivity index (χ2v) is 6.61. The number of carbonyl (C=O) groups excluding carboxylic acids is 1. The molecule has 0 saturated heterocycles. The Morgan fingerprint density at radius 1 is 1.36 bits per heavy atom. The van der Waals surface area contributed by atoms with Gasteiger partial charge in [-0.3, -0.25) is 4.79 Å². The number of hydrogen-bond donors (Lipinski definition) is 2. The van der Waals surface area contributed by atoms with Crippen LogP contribution in [0.25, 0.3) is 0 Å². The molecule has 0 bridgehead atoms. The van der Waals surface area contributed by atoms with Crippen LogP contribution in [-0.2, 0) is 22.6 Å². The number of benzene rings is 1. The maximum absolute atomic E-state index is 12.9. The average molecular weight is 365 g/mol. The molecular formula is C17H16FNO5S. The van der Waals surface area contributed by atoms with Gasteiger partial charge in [-0.05, 0) is 35.9 Å². The van der Waals surface area contributed by atoms with Crippen molar-refractivity contribution in [2.24, 2.45) is 0 Å². The molecule has 25 heavy (non-hydrogen) atoms. The van der Waals surface area contributed by atoms with Gasteiger partial charge >= 0.3 is 5.97 Å². The first-order valence-electron chi connectivity index (χ1n) is 7.65. The molecule has 0 spiro atoms. The lowest BCUT2D eigenvalue weighted by atomic mass is 10.2. The number of carbonyl (C=O) groups is 2. The van der Waals surface area contributed by atoms with Crippen LogP contribution in [0.5, 0.6) is 5.75 Å². The molecule has 8 heteroatoms. The zero-order valence-corrected chi connectivity index (χ0v) is 14.0. The smallest absolute Gasteiger partial charge is 0.346 e. The third kappa shape index (κ3) is 4.34. The van der Waals surface area contributed by atoms with E-state index in [1.807, 2.05) is 0 Å². The lowest BCUT2D eigenvalue weighted by Gasteiger charge is -2.15. The summed E-state index contributed by atoms with van der Waals surface area (Å²) in [6.07, 6.45) is -0.494. The summed E-state index contributed by atoms with van der Waals surface area (Å²) in [5.41, 5.74) is 0.999. The Hall–Kier alpha value is -2.45. The molecule has 1 aliphatic rings. The number of hydrogen-bond acceptors (Lipinski definition) is 5. The van der Waals surface area contributed by atoms with Crippen LogP contribution in [0.3, 0.4) is 0 Å². The highest BCUT2D eigenvalue weighted by molar-refractivity contribution is 7.14. The monoisotopic (exact) mass is 365 g/mol. The summed E-state index contributed by atoms with van der Waals surface area (Å²) in [4.78, 5) is 25.2. The van der Waals surface area contributed by atoms with Gasteiger partial charge in [-0.2, -0.15) is 0 Å². The minimum Gasteiger partial charge on any atom is -0.478 e. The zero-order chi connectivity index (χ0) is 17.8. The number of halogens is 1. The van der Waals surface area contributed by atoms with Gasteiger partial charge in [0, 0.05) is 11.3 Å². The van der Waals surface area contributed by atoms with E-state index in [0.717, 1.165) is 16.9 Å². The van der Waals surface area contributed by atoms with Gasteiger partial charge < -0.3 is 19.9 Å². The third-order valence-electron chi connectivity index (χ3n) is 3.67. The lowest BCUT2D eigenvalue weighted by molar-refractivity contribution is -0.144. The van der Waals surface area contributed by atoms with E-state index in [1.165, 1.54) is 35.6 Å². The Labute approximate surface area is 147 Å². The Kier molecular flexibility index (Phi) is 5.30. The predicted octanol–water partition coefficient (Wildman–Crippen LogP) is 2.22. The van der Waals surface area contributed by atoms with Crippen molar-refractivity contribution in [3.63, 3.8) is 0 Å². The van der Waals surface area contributed by atoms with E-state index in [2.05, 4.69) is 5.32 Å². The molecule has 2 heterocycles. The van der Waals surface area contributed by atoms with Gasteiger partial charge in [0.1, 0.15) is 11.6 Å². The summed E-state index contributed by atoms with van der Waals surface area (Å²) in [7, 11) is 0. The van der Waals surface area contributed by atoms with Gasteiger partial charge in [0.05, 0.1) is 24.6 Å². The Balaban J connectivity index is 1.60. The summed E-state index contributed by atoms with van der Waals surface area (Å²) in [5, 5.41) is 11.8. The van der Waals surface area contributed by atoms with Crippen LogP contribution in [-0.4, -0.2) is 36.2 Å². The van der Waals surface area contributed by atoms with Crippen molar-refractivity contribution in [2.75, 3.05) is 13.2 Å². The maximum Gasteiger partial charge on any atom is 0.346 e. The second-order valence-electron chi connectivity index (χ2n) is 5.47. The highest BCUT2D eigenvalue weighted by Crippen LogP contribution is 2.26. The number of rotatable bonds is 6. The van der Waals surface area contributed by atoms with Crippen LogP contribution >= 0.6 is 11.3 Å². The van der Waals surface area contributed by atoms with Gasteiger partial charge in [-0.1, -0.05) is 0 Å². The molecule has 1 aromatic heterocycles. The molecule has 1 amide bonds. The molecule has 1 aliphatic heterocycles. The van der Waals surface area contributed by atoms with Gasteiger partial charge in [-0.15, -0.1) is 11.3 Å². The molecule has 1 aromatic carbocycles. The van der Waals surface area contributed by atoms with Crippen LogP contribution in [0.1, 0.15) is 20.1 Å². The molecular weight excluding hydrogens is 349 g/mol. The molecule has 0 radical (unpaired) electrons. The number of thiophene rings is 1. The number of ether oxygens (including phenoxy) is 2. The van der Waals surface area contributed by atoms with E-state index in [4.69, 9.17) is 9.47 Å². The summed E-state index contributed by atoms with van der Waals surface area (Å²) in [5.74, 6) is -1.80. The Bertz CT molecular complexity index is 750. The lowest BCUT2D eigenvalue weighted by Crippen LogP contribution is -2.40. The number of amides is 1. The normalized spacial score (nSPS) is 14.4. The van der Waals surface area contributed by atoms with E-state index in [0.29, 0.717) is 18.1 Å². The highest BCUT2D eigenvalue weighted by Gasteiger charge is 2.22. The first-order chi connectivity index (χ1) is 12.0. The zero-order valence-electron chi connectivity index (χ0n) is 13.2. The van der Waals surface area contributed by atoms with Gasteiger partial charge in [0.2, 0.25) is 6.10 Å². The highest BCUT2D eigenvalue weighted by atomic mass is 32.1. The second kappa shape index (κ2) is 7.62. The topological polar surface area (TPSA) is 84.9 Å². The molecule has 2 N–H and O–H groups in total. The van der Waals surface area contributed by atoms with Crippen LogP contribution in [0.15, 0.2) is 30.3 Å². The van der Waals surface area contributed by atoms with Gasteiger partial charge in [0.15, 0.2) is 0 Å². The number of fused-ring (bicyclic) bond motifs is 1. The summed E-state index contributed by atoms with van der Waals surface area (Å²) in [6.45, 7) is 0.927. The first kappa shape index (κ1) is 17.4. The van der Waals surface area contributed by atoms with Crippen LogP contribution < -0.4 is 10.1 Å². The molecule has 1 unspecified atom stereocenters. The Morgan fingerprint density at radius 3 is 2.80 bits per heavy atom. The molecule has 3 rings (SSSR count). The molecule has 1 atom stereocenters. The van der Waals surface area contributed by atoms with Crippen LogP contribution in [0, 0.1) is 5.82 Å². The van der Waals surface area contributed by atoms with E-state index in [1.54, 1.807) is 6.07 Å². The van der Waals surface area contributed by atoms with E-state index < -0.39 is 17.9 Å². The maximum atomic E-state index is 12.9. The quantitative estimate of drug-likeness (QED) is 0.820.